The number of amides is 1. The Morgan fingerprint density at radius 1 is 1.04 bits per heavy atom. The van der Waals surface area contributed by atoms with Gasteiger partial charge in [-0.1, -0.05) is 48.5 Å². The lowest BCUT2D eigenvalue weighted by atomic mass is 10.1. The van der Waals surface area contributed by atoms with Crippen LogP contribution in [0.1, 0.15) is 23.5 Å². The van der Waals surface area contributed by atoms with Crippen molar-refractivity contribution in [1.82, 2.24) is 9.80 Å². The zero-order valence-electron chi connectivity index (χ0n) is 14.9. The van der Waals surface area contributed by atoms with Crippen molar-refractivity contribution in [1.29, 1.82) is 0 Å². The quantitative estimate of drug-likeness (QED) is 0.770. The number of benzene rings is 2. The first-order valence-corrected chi connectivity index (χ1v) is 8.78. The van der Waals surface area contributed by atoms with E-state index in [9.17, 15) is 9.18 Å². The van der Waals surface area contributed by atoms with Crippen LogP contribution in [0.5, 0.6) is 0 Å². The zero-order valence-corrected chi connectivity index (χ0v) is 14.9. The molecular formula is C21H25FN2O. The summed E-state index contributed by atoms with van der Waals surface area (Å²) in [6.45, 7) is 2.10. The highest BCUT2D eigenvalue weighted by molar-refractivity contribution is 5.83. The van der Waals surface area contributed by atoms with Crippen molar-refractivity contribution in [3.8, 4) is 0 Å². The van der Waals surface area contributed by atoms with Crippen LogP contribution in [-0.4, -0.2) is 42.9 Å². The van der Waals surface area contributed by atoms with Gasteiger partial charge >= 0.3 is 0 Å². The Hall–Kier alpha value is -2.20. The smallest absolute Gasteiger partial charge is 0.226 e. The number of rotatable bonds is 7. The Morgan fingerprint density at radius 3 is 2.40 bits per heavy atom. The van der Waals surface area contributed by atoms with Gasteiger partial charge in [-0.2, -0.15) is 0 Å². The fraction of sp³-hybridized carbons (Fsp3) is 0.381. The second kappa shape index (κ2) is 7.79. The van der Waals surface area contributed by atoms with Crippen molar-refractivity contribution in [2.75, 3.05) is 27.2 Å². The highest BCUT2D eigenvalue weighted by Crippen LogP contribution is 2.49. The van der Waals surface area contributed by atoms with Gasteiger partial charge < -0.3 is 9.80 Å². The second-order valence-electron chi connectivity index (χ2n) is 7.02. The van der Waals surface area contributed by atoms with E-state index < -0.39 is 0 Å². The van der Waals surface area contributed by atoms with Crippen LogP contribution in [0, 0.1) is 11.7 Å². The van der Waals surface area contributed by atoms with Gasteiger partial charge in [0.25, 0.3) is 0 Å². The van der Waals surface area contributed by atoms with Gasteiger partial charge in [0, 0.05) is 25.6 Å². The molecule has 2 atom stereocenters. The number of hydrogen-bond acceptors (Lipinski definition) is 2. The molecule has 1 fully saturated rings. The molecule has 0 bridgehead atoms. The summed E-state index contributed by atoms with van der Waals surface area (Å²) >= 11 is 0. The summed E-state index contributed by atoms with van der Waals surface area (Å²) in [5.41, 5.74) is 1.80. The molecule has 1 aliphatic rings. The largest absolute Gasteiger partial charge is 0.337 e. The van der Waals surface area contributed by atoms with E-state index in [2.05, 4.69) is 4.90 Å². The lowest BCUT2D eigenvalue weighted by Gasteiger charge is -2.25. The SMILES string of the molecule is CN(C)CCN(Cc1ccccc1)C(=O)C1CC1c1ccccc1F. The Kier molecular flexibility index (Phi) is 5.49. The number of carbonyl (C=O) groups is 1. The van der Waals surface area contributed by atoms with Crippen LogP contribution in [0.4, 0.5) is 4.39 Å². The first-order chi connectivity index (χ1) is 12.1. The average Bonchev–Trinajstić information content (AvgIpc) is 3.39. The molecule has 132 valence electrons. The molecule has 2 aromatic rings. The summed E-state index contributed by atoms with van der Waals surface area (Å²) in [7, 11) is 4.01. The van der Waals surface area contributed by atoms with Crippen molar-refractivity contribution in [2.24, 2.45) is 5.92 Å². The highest BCUT2D eigenvalue weighted by Gasteiger charge is 2.46. The van der Waals surface area contributed by atoms with Crippen molar-refractivity contribution in [3.05, 3.63) is 71.5 Å². The van der Waals surface area contributed by atoms with E-state index >= 15 is 0 Å². The molecule has 1 saturated carbocycles. The monoisotopic (exact) mass is 340 g/mol. The normalized spacial score (nSPS) is 19.0. The lowest BCUT2D eigenvalue weighted by molar-refractivity contribution is -0.133. The summed E-state index contributed by atoms with van der Waals surface area (Å²) in [5.74, 6) is -0.140. The Bertz CT molecular complexity index is 717. The third kappa shape index (κ3) is 4.45. The van der Waals surface area contributed by atoms with E-state index in [0.29, 0.717) is 18.7 Å². The minimum absolute atomic E-state index is 0.0197. The van der Waals surface area contributed by atoms with Crippen LogP contribution in [0.25, 0.3) is 0 Å². The number of halogens is 1. The minimum atomic E-state index is -0.203. The predicted molar refractivity (Wildman–Crippen MR) is 97.7 cm³/mol. The van der Waals surface area contributed by atoms with Crippen LogP contribution >= 0.6 is 0 Å². The molecule has 0 N–H and O–H groups in total. The topological polar surface area (TPSA) is 23.6 Å². The molecule has 0 spiro atoms. The van der Waals surface area contributed by atoms with Gasteiger partial charge in [0.2, 0.25) is 5.91 Å². The molecule has 0 heterocycles. The summed E-state index contributed by atoms with van der Waals surface area (Å²) in [5, 5.41) is 0. The van der Waals surface area contributed by atoms with Crippen LogP contribution < -0.4 is 0 Å². The summed E-state index contributed by atoms with van der Waals surface area (Å²) in [6, 6.07) is 16.8. The Balaban J connectivity index is 1.70. The number of likely N-dealkylation sites (N-methyl/N-ethyl adjacent to an activating group) is 1. The first-order valence-electron chi connectivity index (χ1n) is 8.78. The molecule has 4 heteroatoms. The Labute approximate surface area is 149 Å². The van der Waals surface area contributed by atoms with E-state index in [4.69, 9.17) is 0 Å². The van der Waals surface area contributed by atoms with Gasteiger partial charge in [-0.25, -0.2) is 4.39 Å². The molecule has 0 saturated heterocycles. The fourth-order valence-corrected chi connectivity index (χ4v) is 3.21. The third-order valence-corrected chi connectivity index (χ3v) is 4.76. The van der Waals surface area contributed by atoms with Crippen molar-refractivity contribution in [2.45, 2.75) is 18.9 Å². The molecule has 0 aromatic heterocycles. The maximum atomic E-state index is 14.0. The third-order valence-electron chi connectivity index (χ3n) is 4.76. The van der Waals surface area contributed by atoms with Gasteiger partial charge in [-0.3, -0.25) is 4.79 Å². The molecule has 3 rings (SSSR count). The van der Waals surface area contributed by atoms with Crippen LogP contribution in [-0.2, 0) is 11.3 Å². The predicted octanol–water partition coefficient (Wildman–Crippen LogP) is 3.52. The van der Waals surface area contributed by atoms with Gasteiger partial charge in [0.1, 0.15) is 5.82 Å². The second-order valence-corrected chi connectivity index (χ2v) is 7.02. The van der Waals surface area contributed by atoms with E-state index in [1.165, 1.54) is 6.07 Å². The molecular weight excluding hydrogens is 315 g/mol. The molecule has 3 nitrogen and oxygen atoms in total. The van der Waals surface area contributed by atoms with Crippen molar-refractivity contribution < 1.29 is 9.18 Å². The zero-order chi connectivity index (χ0) is 17.8. The number of hydrogen-bond donors (Lipinski definition) is 0. The van der Waals surface area contributed by atoms with E-state index in [1.807, 2.05) is 55.4 Å². The Morgan fingerprint density at radius 2 is 1.72 bits per heavy atom. The van der Waals surface area contributed by atoms with Crippen LogP contribution in [0.2, 0.25) is 0 Å². The van der Waals surface area contributed by atoms with Crippen LogP contribution in [0.15, 0.2) is 54.6 Å². The maximum Gasteiger partial charge on any atom is 0.226 e. The van der Waals surface area contributed by atoms with Gasteiger partial charge in [0.05, 0.1) is 0 Å². The molecule has 2 aromatic carbocycles. The summed E-state index contributed by atoms with van der Waals surface area (Å²) in [4.78, 5) is 17.0. The molecule has 1 amide bonds. The van der Waals surface area contributed by atoms with Gasteiger partial charge in [-0.15, -0.1) is 0 Å². The summed E-state index contributed by atoms with van der Waals surface area (Å²) in [6.07, 6.45) is 0.743. The van der Waals surface area contributed by atoms with Gasteiger partial charge in [0.15, 0.2) is 0 Å². The van der Waals surface area contributed by atoms with E-state index in [0.717, 1.165) is 18.5 Å². The number of carbonyl (C=O) groups excluding carboxylic acids is 1. The van der Waals surface area contributed by atoms with E-state index in [-0.39, 0.29) is 23.6 Å². The molecule has 1 aliphatic carbocycles. The summed E-state index contributed by atoms with van der Waals surface area (Å²) < 4.78 is 14.0. The minimum Gasteiger partial charge on any atom is -0.337 e. The lowest BCUT2D eigenvalue weighted by Crippen LogP contribution is -2.37. The first kappa shape index (κ1) is 17.6. The molecule has 0 aliphatic heterocycles. The van der Waals surface area contributed by atoms with Crippen LogP contribution in [0.3, 0.4) is 0 Å². The van der Waals surface area contributed by atoms with Crippen molar-refractivity contribution >= 4 is 5.91 Å². The van der Waals surface area contributed by atoms with Crippen molar-refractivity contribution in [3.63, 3.8) is 0 Å². The van der Waals surface area contributed by atoms with Gasteiger partial charge in [-0.05, 0) is 43.6 Å². The number of nitrogens with zero attached hydrogens (tertiary/aromatic N) is 2. The maximum absolute atomic E-state index is 14.0. The van der Waals surface area contributed by atoms with E-state index in [1.54, 1.807) is 12.1 Å². The molecule has 2 unspecified atom stereocenters. The average molecular weight is 340 g/mol. The molecule has 25 heavy (non-hydrogen) atoms. The highest BCUT2D eigenvalue weighted by atomic mass is 19.1. The standard InChI is InChI=1S/C21H25FN2O/c1-23(2)12-13-24(15-16-8-4-3-5-9-16)21(25)19-14-18(19)17-10-6-7-11-20(17)22/h3-11,18-19H,12-15H2,1-2H3. The molecule has 0 radical (unpaired) electrons. The fourth-order valence-electron chi connectivity index (χ4n) is 3.21.